The molecule has 0 aliphatic carbocycles. The number of carbonyl (C=O) groups is 3. The lowest BCUT2D eigenvalue weighted by atomic mass is 10.1. The Labute approximate surface area is 266 Å². The minimum atomic E-state index is -1.11. The number of carbonyl (C=O) groups excluding carboxylic acids is 2. The number of hydrogen-bond donors (Lipinski definition) is 5. The second kappa shape index (κ2) is 13.6. The maximum Gasteiger partial charge on any atom is 0.325 e. The number of amides is 2. The van der Waals surface area contributed by atoms with Gasteiger partial charge in [-0.3, -0.25) is 14.4 Å². The van der Waals surface area contributed by atoms with Crippen molar-refractivity contribution in [1.82, 2.24) is 15.3 Å². The summed E-state index contributed by atoms with van der Waals surface area (Å²) in [7, 11) is 1.56. The number of nitrogens with zero attached hydrogens (tertiary/aromatic N) is 1. The van der Waals surface area contributed by atoms with Crippen LogP contribution in [0.25, 0.3) is 22.4 Å². The summed E-state index contributed by atoms with van der Waals surface area (Å²) in [6.45, 7) is 1.76. The predicted molar refractivity (Wildman–Crippen MR) is 173 cm³/mol. The van der Waals surface area contributed by atoms with Gasteiger partial charge < -0.3 is 30.8 Å². The first-order chi connectivity index (χ1) is 21.6. The standard InChI is InChI=1S/C33H29BrFN5O5/c1-18(33(43)44)37-30(41)14-20-5-10-27-28(13-20)40-31(39-27)21-6-11-26(25(35)16-21)36-17-19-3-8-23(9-4-19)38-32(42)22-7-12-29(45-2)24(34)15-22/h3-13,15-16,18,36H,14,17H2,1-2H3,(H,37,41)(H,38,42)(H,39,40)(H,43,44). The van der Waals surface area contributed by atoms with Crippen molar-refractivity contribution in [3.63, 3.8) is 0 Å². The number of aromatic amines is 1. The molecule has 0 fully saturated rings. The molecule has 0 bridgehead atoms. The van der Waals surface area contributed by atoms with E-state index in [9.17, 15) is 14.4 Å². The molecule has 1 unspecified atom stereocenters. The second-order valence-corrected chi connectivity index (χ2v) is 11.1. The zero-order valence-electron chi connectivity index (χ0n) is 24.3. The van der Waals surface area contributed by atoms with Gasteiger partial charge in [0.2, 0.25) is 5.91 Å². The van der Waals surface area contributed by atoms with E-state index in [-0.39, 0.29) is 12.3 Å². The number of H-pyrrole nitrogens is 1. The molecule has 0 aliphatic rings. The molecule has 10 nitrogen and oxygen atoms in total. The number of anilines is 2. The summed E-state index contributed by atoms with van der Waals surface area (Å²) in [5.41, 5.74) is 4.86. The van der Waals surface area contributed by atoms with Crippen molar-refractivity contribution in [1.29, 1.82) is 0 Å². The van der Waals surface area contributed by atoms with Gasteiger partial charge in [0.25, 0.3) is 5.91 Å². The SMILES string of the molecule is COc1ccc(C(=O)Nc2ccc(CNc3ccc(-c4nc5ccc(CC(=O)NC(C)C(=O)O)cc5[nH]4)cc3F)cc2)cc1Br. The molecule has 5 N–H and O–H groups in total. The normalized spacial score (nSPS) is 11.6. The average molecular weight is 675 g/mol. The van der Waals surface area contributed by atoms with Crippen LogP contribution in [0.3, 0.4) is 0 Å². The number of hydrogen-bond acceptors (Lipinski definition) is 6. The van der Waals surface area contributed by atoms with E-state index in [1.807, 2.05) is 12.1 Å². The Hall–Kier alpha value is -5.23. The fourth-order valence-electron chi connectivity index (χ4n) is 4.56. The van der Waals surface area contributed by atoms with Crippen LogP contribution in [0.4, 0.5) is 15.8 Å². The smallest absolute Gasteiger partial charge is 0.325 e. The van der Waals surface area contributed by atoms with Gasteiger partial charge in [0.05, 0.1) is 34.7 Å². The number of nitrogens with one attached hydrogen (secondary N) is 4. The first kappa shape index (κ1) is 31.2. The second-order valence-electron chi connectivity index (χ2n) is 10.3. The quantitative estimate of drug-likeness (QED) is 0.113. The van der Waals surface area contributed by atoms with Gasteiger partial charge in [0.15, 0.2) is 0 Å². The largest absolute Gasteiger partial charge is 0.496 e. The molecule has 4 aromatic carbocycles. The zero-order chi connectivity index (χ0) is 32.1. The third kappa shape index (κ3) is 7.65. The van der Waals surface area contributed by atoms with Crippen molar-refractivity contribution in [2.75, 3.05) is 17.7 Å². The average Bonchev–Trinajstić information content (AvgIpc) is 3.44. The molecule has 0 radical (unpaired) electrons. The van der Waals surface area contributed by atoms with Gasteiger partial charge in [-0.25, -0.2) is 9.37 Å². The Bertz CT molecular complexity index is 1890. The topological polar surface area (TPSA) is 145 Å². The van der Waals surface area contributed by atoms with Gasteiger partial charge in [-0.15, -0.1) is 0 Å². The number of aliphatic carboxylic acids is 1. The van der Waals surface area contributed by atoms with E-state index in [1.54, 1.807) is 67.8 Å². The minimum Gasteiger partial charge on any atom is -0.496 e. The summed E-state index contributed by atoms with van der Waals surface area (Å²) in [5, 5.41) is 17.4. The Morgan fingerprint density at radius 3 is 2.44 bits per heavy atom. The first-order valence-electron chi connectivity index (χ1n) is 13.9. The Kier molecular flexibility index (Phi) is 9.43. The summed E-state index contributed by atoms with van der Waals surface area (Å²) in [5.74, 6) is -1.12. The lowest BCUT2D eigenvalue weighted by Crippen LogP contribution is -2.39. The monoisotopic (exact) mass is 673 g/mol. The third-order valence-corrected chi connectivity index (χ3v) is 7.63. The molecular weight excluding hydrogens is 645 g/mol. The van der Waals surface area contributed by atoms with E-state index in [1.165, 1.54) is 13.0 Å². The van der Waals surface area contributed by atoms with Crippen molar-refractivity contribution in [2.45, 2.75) is 25.9 Å². The fourth-order valence-corrected chi connectivity index (χ4v) is 5.10. The molecule has 1 heterocycles. The summed E-state index contributed by atoms with van der Waals surface area (Å²) in [6, 6.07) is 21.4. The fraction of sp³-hybridized carbons (Fsp3) is 0.152. The molecular formula is C33H29BrFN5O5. The molecule has 12 heteroatoms. The lowest BCUT2D eigenvalue weighted by molar-refractivity contribution is -0.141. The zero-order valence-corrected chi connectivity index (χ0v) is 25.9. The number of carboxylic acids is 1. The van der Waals surface area contributed by atoms with Gasteiger partial charge in [0.1, 0.15) is 23.4 Å². The predicted octanol–water partition coefficient (Wildman–Crippen LogP) is 6.14. The molecule has 230 valence electrons. The summed E-state index contributed by atoms with van der Waals surface area (Å²) < 4.78 is 20.9. The van der Waals surface area contributed by atoms with Gasteiger partial charge in [0, 0.05) is 23.4 Å². The molecule has 1 atom stereocenters. The van der Waals surface area contributed by atoms with E-state index in [0.717, 1.165) is 5.56 Å². The van der Waals surface area contributed by atoms with E-state index >= 15 is 4.39 Å². The van der Waals surface area contributed by atoms with Gasteiger partial charge in [-0.1, -0.05) is 18.2 Å². The van der Waals surface area contributed by atoms with Crippen LogP contribution < -0.4 is 20.7 Å². The van der Waals surface area contributed by atoms with Gasteiger partial charge >= 0.3 is 5.97 Å². The van der Waals surface area contributed by atoms with E-state index < -0.39 is 23.7 Å². The van der Waals surface area contributed by atoms with Crippen molar-refractivity contribution < 1.29 is 28.6 Å². The molecule has 0 spiro atoms. The van der Waals surface area contributed by atoms with Crippen LogP contribution in [0.15, 0.2) is 83.3 Å². The van der Waals surface area contributed by atoms with Crippen molar-refractivity contribution in [3.05, 3.63) is 106 Å². The van der Waals surface area contributed by atoms with E-state index in [0.29, 0.717) is 61.7 Å². The molecule has 0 saturated heterocycles. The molecule has 1 aromatic heterocycles. The van der Waals surface area contributed by atoms with Crippen LogP contribution in [0.5, 0.6) is 5.75 Å². The number of imidazole rings is 1. The van der Waals surface area contributed by atoms with Crippen LogP contribution in [0.1, 0.15) is 28.4 Å². The van der Waals surface area contributed by atoms with Crippen LogP contribution >= 0.6 is 15.9 Å². The molecule has 5 rings (SSSR count). The Balaban J connectivity index is 1.18. The maximum absolute atomic E-state index is 15.1. The van der Waals surface area contributed by atoms with E-state index in [2.05, 4.69) is 41.8 Å². The molecule has 0 aliphatic heterocycles. The first-order valence-corrected chi connectivity index (χ1v) is 14.7. The highest BCUT2D eigenvalue weighted by molar-refractivity contribution is 9.10. The minimum absolute atomic E-state index is 0.0100. The van der Waals surface area contributed by atoms with Crippen molar-refractivity contribution in [3.8, 4) is 17.1 Å². The number of halogens is 2. The molecule has 5 aromatic rings. The van der Waals surface area contributed by atoms with Gasteiger partial charge in [-0.05, 0) is 94.6 Å². The van der Waals surface area contributed by atoms with Gasteiger partial charge in [-0.2, -0.15) is 0 Å². The number of rotatable bonds is 11. The van der Waals surface area contributed by atoms with Crippen LogP contribution in [-0.2, 0) is 22.6 Å². The highest BCUT2D eigenvalue weighted by atomic mass is 79.9. The summed E-state index contributed by atoms with van der Waals surface area (Å²) >= 11 is 3.38. The molecule has 0 saturated carbocycles. The molecule has 2 amide bonds. The highest BCUT2D eigenvalue weighted by Crippen LogP contribution is 2.27. The number of carboxylic acid groups (broad SMARTS) is 1. The van der Waals surface area contributed by atoms with Crippen LogP contribution in [0, 0.1) is 5.82 Å². The maximum atomic E-state index is 15.1. The Morgan fingerprint density at radius 2 is 1.76 bits per heavy atom. The summed E-state index contributed by atoms with van der Waals surface area (Å²) in [4.78, 5) is 43.5. The summed E-state index contributed by atoms with van der Waals surface area (Å²) in [6.07, 6.45) is 0.0100. The van der Waals surface area contributed by atoms with E-state index in [4.69, 9.17) is 9.84 Å². The molecule has 45 heavy (non-hydrogen) atoms. The number of ether oxygens (including phenoxy) is 1. The number of aromatic nitrogens is 2. The third-order valence-electron chi connectivity index (χ3n) is 7.01. The van der Waals surface area contributed by atoms with Crippen molar-refractivity contribution in [2.24, 2.45) is 0 Å². The number of methoxy groups -OCH3 is 1. The van der Waals surface area contributed by atoms with Crippen LogP contribution in [0.2, 0.25) is 0 Å². The van der Waals surface area contributed by atoms with Crippen molar-refractivity contribution >= 4 is 56.1 Å². The number of fused-ring (bicyclic) bond motifs is 1. The lowest BCUT2D eigenvalue weighted by Gasteiger charge is -2.10. The van der Waals surface area contributed by atoms with Crippen LogP contribution in [-0.4, -0.2) is 46.0 Å². The number of benzene rings is 4. The highest BCUT2D eigenvalue weighted by Gasteiger charge is 2.15. The Morgan fingerprint density at radius 1 is 1.00 bits per heavy atom.